The molecule has 2 atom stereocenters. The second kappa shape index (κ2) is 10.3. The zero-order chi connectivity index (χ0) is 24.4. The zero-order valence-corrected chi connectivity index (χ0v) is 21.0. The van der Waals surface area contributed by atoms with Crippen LogP contribution in [0.3, 0.4) is 0 Å². The van der Waals surface area contributed by atoms with Gasteiger partial charge in [-0.1, -0.05) is 25.6 Å². The van der Waals surface area contributed by atoms with Crippen LogP contribution in [-0.4, -0.2) is 51.8 Å². The lowest BCUT2D eigenvalue weighted by Crippen LogP contribution is -2.40. The van der Waals surface area contributed by atoms with Crippen molar-refractivity contribution >= 4 is 35.1 Å². The van der Waals surface area contributed by atoms with Crippen molar-refractivity contribution < 1.29 is 14.0 Å². The van der Waals surface area contributed by atoms with E-state index in [0.717, 1.165) is 43.5 Å². The van der Waals surface area contributed by atoms with E-state index in [4.69, 9.17) is 4.42 Å². The minimum Gasteiger partial charge on any atom is -0.467 e. The molecule has 2 aliphatic rings. The third-order valence-electron chi connectivity index (χ3n) is 6.65. The van der Waals surface area contributed by atoms with Gasteiger partial charge >= 0.3 is 0 Å². The zero-order valence-electron chi connectivity index (χ0n) is 20.2. The summed E-state index contributed by atoms with van der Waals surface area (Å²) in [7, 11) is 0. The Morgan fingerprint density at radius 3 is 2.54 bits per heavy atom. The van der Waals surface area contributed by atoms with Gasteiger partial charge in [-0.25, -0.2) is 0 Å². The average molecular weight is 494 g/mol. The number of hydrogen-bond donors (Lipinski definition) is 0. The van der Waals surface area contributed by atoms with Gasteiger partial charge in [0.15, 0.2) is 10.9 Å². The van der Waals surface area contributed by atoms with Crippen LogP contribution in [0.15, 0.2) is 52.2 Å². The van der Waals surface area contributed by atoms with Gasteiger partial charge in [-0.15, -0.1) is 10.2 Å². The molecule has 0 saturated carbocycles. The fraction of sp³-hybridized carbons (Fsp3) is 0.462. The summed E-state index contributed by atoms with van der Waals surface area (Å²) in [5, 5.41) is 9.69. The van der Waals surface area contributed by atoms with E-state index in [9.17, 15) is 9.59 Å². The molecule has 2 fully saturated rings. The Balaban J connectivity index is 1.30. The number of thioether (sulfide) groups is 1. The van der Waals surface area contributed by atoms with Crippen LogP contribution in [0.2, 0.25) is 0 Å². The lowest BCUT2D eigenvalue weighted by atomic mass is 9.92. The molecule has 2 aliphatic heterocycles. The number of hydrogen-bond acceptors (Lipinski definition) is 7. The maximum atomic E-state index is 12.9. The number of furan rings is 1. The quantitative estimate of drug-likeness (QED) is 0.337. The summed E-state index contributed by atoms with van der Waals surface area (Å²) in [5.74, 6) is 3.24. The van der Waals surface area contributed by atoms with E-state index >= 15 is 0 Å². The molecule has 0 radical (unpaired) electrons. The molecule has 8 nitrogen and oxygen atoms in total. The summed E-state index contributed by atoms with van der Waals surface area (Å²) >= 11 is 1.40. The molecular weight excluding hydrogens is 462 g/mol. The first-order chi connectivity index (χ1) is 17.0. The standard InChI is InChI=1S/C26H31N5O3S/c1-18-13-19(2)15-29(14-18)25-27-28-26(31(25)16-22-5-4-12-34-22)35-17-23(32)20-7-9-21(10-8-20)30-11-3-6-24(30)33/h4-5,7-10,12,18-19H,3,6,11,13-17H2,1-2H3. The molecule has 0 N–H and O–H groups in total. The molecule has 0 spiro atoms. The van der Waals surface area contributed by atoms with Gasteiger partial charge < -0.3 is 14.2 Å². The van der Waals surface area contributed by atoms with Crippen molar-refractivity contribution in [3.8, 4) is 0 Å². The third-order valence-corrected chi connectivity index (χ3v) is 7.62. The Morgan fingerprint density at radius 1 is 1.11 bits per heavy atom. The molecule has 3 aromatic rings. The van der Waals surface area contributed by atoms with Crippen molar-refractivity contribution in [3.05, 3.63) is 54.0 Å². The fourth-order valence-electron chi connectivity index (χ4n) is 5.11. The summed E-state index contributed by atoms with van der Waals surface area (Å²) in [6.45, 7) is 7.68. The Morgan fingerprint density at radius 2 is 1.89 bits per heavy atom. The number of ketones is 1. The number of piperidine rings is 1. The SMILES string of the molecule is CC1CC(C)CN(c2nnc(SCC(=O)c3ccc(N4CCCC4=O)cc3)n2Cc2ccco2)C1. The van der Waals surface area contributed by atoms with Crippen LogP contribution in [0.4, 0.5) is 11.6 Å². The maximum absolute atomic E-state index is 12.9. The Labute approximate surface area is 209 Å². The first kappa shape index (κ1) is 23.7. The van der Waals surface area contributed by atoms with Gasteiger partial charge in [0.1, 0.15) is 5.76 Å². The van der Waals surface area contributed by atoms with E-state index in [1.54, 1.807) is 23.3 Å². The summed E-state index contributed by atoms with van der Waals surface area (Å²) < 4.78 is 7.66. The highest BCUT2D eigenvalue weighted by molar-refractivity contribution is 7.99. The molecule has 35 heavy (non-hydrogen) atoms. The largest absolute Gasteiger partial charge is 0.467 e. The van der Waals surface area contributed by atoms with Crippen LogP contribution in [0.25, 0.3) is 0 Å². The summed E-state index contributed by atoms with van der Waals surface area (Å²) in [4.78, 5) is 29.0. The fourth-order valence-corrected chi connectivity index (χ4v) is 5.93. The number of benzene rings is 1. The summed E-state index contributed by atoms with van der Waals surface area (Å²) in [6.07, 6.45) is 4.35. The molecule has 2 unspecified atom stereocenters. The minimum atomic E-state index is 0.0172. The van der Waals surface area contributed by atoms with Gasteiger partial charge in [0.2, 0.25) is 11.9 Å². The van der Waals surface area contributed by atoms with Crippen LogP contribution in [-0.2, 0) is 11.3 Å². The first-order valence-corrected chi connectivity index (χ1v) is 13.2. The van der Waals surface area contributed by atoms with Crippen LogP contribution < -0.4 is 9.80 Å². The number of anilines is 2. The van der Waals surface area contributed by atoms with Crippen LogP contribution in [0, 0.1) is 11.8 Å². The lowest BCUT2D eigenvalue weighted by Gasteiger charge is -2.35. The van der Waals surface area contributed by atoms with E-state index < -0.39 is 0 Å². The highest BCUT2D eigenvalue weighted by Crippen LogP contribution is 2.29. The van der Waals surface area contributed by atoms with Crippen molar-refractivity contribution in [3.63, 3.8) is 0 Å². The predicted molar refractivity (Wildman–Crippen MR) is 136 cm³/mol. The predicted octanol–water partition coefficient (Wildman–Crippen LogP) is 4.50. The second-order valence-corrected chi connectivity index (χ2v) is 10.6. The van der Waals surface area contributed by atoms with Gasteiger partial charge in [0.25, 0.3) is 0 Å². The van der Waals surface area contributed by atoms with Crippen LogP contribution >= 0.6 is 11.8 Å². The number of aromatic nitrogens is 3. The number of rotatable bonds is 8. The van der Waals surface area contributed by atoms with Crippen LogP contribution in [0.5, 0.6) is 0 Å². The van der Waals surface area contributed by atoms with Crippen LogP contribution in [0.1, 0.15) is 49.2 Å². The maximum Gasteiger partial charge on any atom is 0.228 e. The molecular formula is C26H31N5O3S. The van der Waals surface area contributed by atoms with Gasteiger partial charge in [-0.3, -0.25) is 14.2 Å². The third kappa shape index (κ3) is 5.29. The van der Waals surface area contributed by atoms with E-state index in [-0.39, 0.29) is 17.4 Å². The first-order valence-electron chi connectivity index (χ1n) is 12.2. The number of nitrogens with zero attached hydrogens (tertiary/aromatic N) is 5. The van der Waals surface area contributed by atoms with E-state index in [1.807, 2.05) is 24.3 Å². The highest BCUT2D eigenvalue weighted by atomic mass is 32.2. The minimum absolute atomic E-state index is 0.0172. The lowest BCUT2D eigenvalue weighted by molar-refractivity contribution is -0.117. The van der Waals surface area contributed by atoms with Crippen molar-refractivity contribution in [2.75, 3.05) is 35.2 Å². The van der Waals surface area contributed by atoms with Gasteiger partial charge in [-0.2, -0.15) is 0 Å². The number of amides is 1. The van der Waals surface area contributed by atoms with E-state index in [0.29, 0.717) is 35.5 Å². The van der Waals surface area contributed by atoms with Crippen molar-refractivity contribution in [1.29, 1.82) is 0 Å². The Hall–Kier alpha value is -3.07. The number of carbonyl (C=O) groups is 2. The highest BCUT2D eigenvalue weighted by Gasteiger charge is 2.27. The summed E-state index contributed by atoms with van der Waals surface area (Å²) in [5.41, 5.74) is 1.48. The molecule has 0 aliphatic carbocycles. The number of Topliss-reactive ketones (excluding diaryl/α,β-unsaturated/α-hetero) is 1. The molecule has 1 aromatic carbocycles. The number of carbonyl (C=O) groups excluding carboxylic acids is 2. The van der Waals surface area contributed by atoms with E-state index in [2.05, 4.69) is 33.5 Å². The van der Waals surface area contributed by atoms with Crippen molar-refractivity contribution in [2.45, 2.75) is 44.8 Å². The van der Waals surface area contributed by atoms with Gasteiger partial charge in [-0.05, 0) is 61.1 Å². The van der Waals surface area contributed by atoms with Crippen molar-refractivity contribution in [1.82, 2.24) is 14.8 Å². The second-order valence-electron chi connectivity index (χ2n) is 9.71. The average Bonchev–Trinajstić information content (AvgIpc) is 3.59. The molecule has 4 heterocycles. The van der Waals surface area contributed by atoms with Gasteiger partial charge in [0.05, 0.1) is 18.6 Å². The molecule has 2 saturated heterocycles. The monoisotopic (exact) mass is 493 g/mol. The van der Waals surface area contributed by atoms with Gasteiger partial charge in [0, 0.05) is 37.3 Å². The molecule has 0 bridgehead atoms. The Kier molecular flexibility index (Phi) is 6.95. The van der Waals surface area contributed by atoms with E-state index in [1.165, 1.54) is 18.2 Å². The van der Waals surface area contributed by atoms with Crippen molar-refractivity contribution in [2.24, 2.45) is 11.8 Å². The molecule has 9 heteroatoms. The Bertz CT molecular complexity index is 1160. The molecule has 184 valence electrons. The summed E-state index contributed by atoms with van der Waals surface area (Å²) in [6, 6.07) is 11.1. The molecule has 2 aromatic heterocycles. The smallest absolute Gasteiger partial charge is 0.228 e. The molecule has 1 amide bonds. The normalized spacial score (nSPS) is 20.6. The molecule has 5 rings (SSSR count). The topological polar surface area (TPSA) is 84.5 Å².